The van der Waals surface area contributed by atoms with Crippen molar-refractivity contribution in [1.82, 2.24) is 15.1 Å². The van der Waals surface area contributed by atoms with Gasteiger partial charge in [-0.05, 0) is 74.7 Å². The fourth-order valence-corrected chi connectivity index (χ4v) is 4.40. The van der Waals surface area contributed by atoms with Crippen molar-refractivity contribution in [2.75, 3.05) is 18.5 Å². The van der Waals surface area contributed by atoms with Gasteiger partial charge < -0.3 is 20.5 Å². The Morgan fingerprint density at radius 1 is 1.09 bits per heavy atom. The van der Waals surface area contributed by atoms with Crippen LogP contribution in [-0.4, -0.2) is 40.0 Å². The van der Waals surface area contributed by atoms with Crippen LogP contribution in [0.3, 0.4) is 0 Å². The van der Waals surface area contributed by atoms with Crippen molar-refractivity contribution in [2.45, 2.75) is 51.9 Å². The van der Waals surface area contributed by atoms with Gasteiger partial charge in [0.15, 0.2) is 0 Å². The van der Waals surface area contributed by atoms with Crippen molar-refractivity contribution in [3.8, 4) is 22.8 Å². The third-order valence-corrected chi connectivity index (χ3v) is 6.19. The minimum atomic E-state index is -0.277. The number of nitrogens with one attached hydrogen (secondary N) is 2. The molecule has 3 aromatic rings. The maximum absolute atomic E-state index is 12.8. The number of anilines is 1. The summed E-state index contributed by atoms with van der Waals surface area (Å²) in [6, 6.07) is 13.4. The molecule has 0 saturated heterocycles. The third-order valence-electron chi connectivity index (χ3n) is 6.19. The van der Waals surface area contributed by atoms with Crippen LogP contribution in [0.2, 0.25) is 0 Å². The Kier molecular flexibility index (Phi) is 7.70. The van der Waals surface area contributed by atoms with Gasteiger partial charge in [0.25, 0.3) is 5.91 Å². The van der Waals surface area contributed by atoms with Crippen molar-refractivity contribution in [2.24, 2.45) is 0 Å². The summed E-state index contributed by atoms with van der Waals surface area (Å²) in [5.74, 6) is 0.711. The number of hydrogen-bond acceptors (Lipinski definition) is 5. The van der Waals surface area contributed by atoms with Crippen LogP contribution in [0.25, 0.3) is 11.3 Å². The Hall–Kier alpha value is -3.81. The second-order valence-corrected chi connectivity index (χ2v) is 8.72. The van der Waals surface area contributed by atoms with Crippen molar-refractivity contribution >= 4 is 17.6 Å². The summed E-state index contributed by atoms with van der Waals surface area (Å²) in [6.45, 7) is 5.02. The molecular formula is C27H32N4O4. The molecule has 8 nitrogen and oxygen atoms in total. The first-order valence-electron chi connectivity index (χ1n) is 12.3. The first-order chi connectivity index (χ1) is 17.0. The van der Waals surface area contributed by atoms with E-state index < -0.39 is 0 Å². The smallest absolute Gasteiger partial charge is 0.342 e. The molecule has 1 saturated carbocycles. The molecule has 1 heterocycles. The van der Waals surface area contributed by atoms with Crippen LogP contribution >= 0.6 is 0 Å². The molecule has 0 bridgehead atoms. The van der Waals surface area contributed by atoms with Crippen LogP contribution in [0, 0.1) is 0 Å². The summed E-state index contributed by atoms with van der Waals surface area (Å²) in [4.78, 5) is 25.6. The Balaban J connectivity index is 1.60. The first kappa shape index (κ1) is 24.3. The van der Waals surface area contributed by atoms with Gasteiger partial charge in [0.2, 0.25) is 0 Å². The Labute approximate surface area is 205 Å². The number of aromatic hydroxyl groups is 1. The second-order valence-electron chi connectivity index (χ2n) is 8.72. The minimum Gasteiger partial charge on any atom is -0.507 e. The quantitative estimate of drug-likeness (QED) is 0.371. The van der Waals surface area contributed by atoms with Crippen molar-refractivity contribution in [1.29, 1.82) is 0 Å². The Morgan fingerprint density at radius 2 is 1.83 bits per heavy atom. The van der Waals surface area contributed by atoms with Gasteiger partial charge in [0.05, 0.1) is 18.0 Å². The summed E-state index contributed by atoms with van der Waals surface area (Å²) in [6.07, 6.45) is 5.10. The highest BCUT2D eigenvalue weighted by atomic mass is 16.5. The second kappa shape index (κ2) is 11.1. The molecule has 1 aromatic heterocycles. The molecule has 184 valence electrons. The summed E-state index contributed by atoms with van der Waals surface area (Å²) in [7, 11) is 0. The number of carbonyl (C=O) groups is 2. The molecule has 0 atom stereocenters. The summed E-state index contributed by atoms with van der Waals surface area (Å²) < 4.78 is 6.86. The topological polar surface area (TPSA) is 105 Å². The molecule has 1 fully saturated rings. The van der Waals surface area contributed by atoms with Gasteiger partial charge in [-0.2, -0.15) is 9.78 Å². The lowest BCUT2D eigenvalue weighted by molar-refractivity contribution is 0.102. The van der Waals surface area contributed by atoms with Gasteiger partial charge in [0, 0.05) is 29.3 Å². The average Bonchev–Trinajstić information content (AvgIpc) is 3.54. The number of ether oxygens (including phenoxy) is 1. The molecule has 0 aliphatic heterocycles. The van der Waals surface area contributed by atoms with E-state index in [0.717, 1.165) is 37.8 Å². The standard InChI is InChI=1S/C27H32N4O4/c1-3-15-28-27(34)31-24(18-7-5-6-8-18)17-23(30-31)22-16-20(11-14-25(22)32)29-26(33)19-9-12-21(13-10-19)35-4-2/h9-14,16-18,32H,3-8,15H2,1-2H3,(H,28,34)(H,29,33). The van der Waals surface area contributed by atoms with Gasteiger partial charge >= 0.3 is 6.03 Å². The Bertz CT molecular complexity index is 1180. The fraction of sp³-hybridized carbons (Fsp3) is 0.370. The molecule has 3 N–H and O–H groups in total. The SMILES string of the molecule is CCCNC(=O)n1nc(-c2cc(NC(=O)c3ccc(OCC)cc3)ccc2O)cc1C1CCCC1. The number of carbonyl (C=O) groups excluding carboxylic acids is 2. The highest BCUT2D eigenvalue weighted by Crippen LogP contribution is 2.38. The predicted molar refractivity (Wildman–Crippen MR) is 135 cm³/mol. The molecule has 0 radical (unpaired) electrons. The Morgan fingerprint density at radius 3 is 2.51 bits per heavy atom. The molecule has 2 amide bonds. The minimum absolute atomic E-state index is 0.0284. The molecule has 0 unspecified atom stereocenters. The number of nitrogens with zero attached hydrogens (tertiary/aromatic N) is 2. The van der Waals surface area contributed by atoms with E-state index in [9.17, 15) is 14.7 Å². The number of aromatic nitrogens is 2. The molecule has 0 spiro atoms. The van der Waals surface area contributed by atoms with E-state index in [0.29, 0.717) is 41.4 Å². The predicted octanol–water partition coefficient (Wildman–Crippen LogP) is 5.53. The molecule has 8 heteroatoms. The largest absolute Gasteiger partial charge is 0.507 e. The molecule has 1 aliphatic carbocycles. The van der Waals surface area contributed by atoms with E-state index in [1.54, 1.807) is 36.4 Å². The monoisotopic (exact) mass is 476 g/mol. The van der Waals surface area contributed by atoms with Crippen molar-refractivity contribution in [3.63, 3.8) is 0 Å². The normalized spacial score (nSPS) is 13.5. The van der Waals surface area contributed by atoms with Crippen LogP contribution in [0.1, 0.15) is 67.9 Å². The summed E-state index contributed by atoms with van der Waals surface area (Å²) >= 11 is 0. The van der Waals surface area contributed by atoms with E-state index in [1.165, 1.54) is 10.7 Å². The maximum atomic E-state index is 12.8. The number of phenols is 1. The molecule has 1 aliphatic rings. The van der Waals surface area contributed by atoms with Crippen LogP contribution in [0.5, 0.6) is 11.5 Å². The van der Waals surface area contributed by atoms with Crippen LogP contribution < -0.4 is 15.4 Å². The third kappa shape index (κ3) is 5.65. The van der Waals surface area contributed by atoms with E-state index in [2.05, 4.69) is 15.7 Å². The molecule has 35 heavy (non-hydrogen) atoms. The lowest BCUT2D eigenvalue weighted by Crippen LogP contribution is -2.31. The van der Waals surface area contributed by atoms with E-state index in [4.69, 9.17) is 4.74 Å². The van der Waals surface area contributed by atoms with Gasteiger partial charge in [-0.1, -0.05) is 19.8 Å². The van der Waals surface area contributed by atoms with Gasteiger partial charge in [-0.15, -0.1) is 0 Å². The molecular weight excluding hydrogens is 444 g/mol. The highest BCUT2D eigenvalue weighted by Gasteiger charge is 2.26. The number of benzene rings is 2. The number of hydrogen-bond donors (Lipinski definition) is 3. The average molecular weight is 477 g/mol. The zero-order chi connectivity index (χ0) is 24.8. The maximum Gasteiger partial charge on any atom is 0.342 e. The van der Waals surface area contributed by atoms with E-state index in [-0.39, 0.29) is 23.6 Å². The van der Waals surface area contributed by atoms with Gasteiger partial charge in [-0.3, -0.25) is 4.79 Å². The number of amides is 2. The van der Waals surface area contributed by atoms with Crippen LogP contribution in [0.15, 0.2) is 48.5 Å². The van der Waals surface area contributed by atoms with Crippen molar-refractivity contribution in [3.05, 3.63) is 59.8 Å². The van der Waals surface area contributed by atoms with Crippen molar-refractivity contribution < 1.29 is 19.4 Å². The van der Waals surface area contributed by atoms with E-state index in [1.807, 2.05) is 19.9 Å². The van der Waals surface area contributed by atoms with Gasteiger partial charge in [-0.25, -0.2) is 4.79 Å². The summed E-state index contributed by atoms with van der Waals surface area (Å²) in [5.41, 5.74) is 2.81. The lowest BCUT2D eigenvalue weighted by atomic mass is 10.0. The van der Waals surface area contributed by atoms with Gasteiger partial charge in [0.1, 0.15) is 11.5 Å². The lowest BCUT2D eigenvalue weighted by Gasteiger charge is -2.11. The highest BCUT2D eigenvalue weighted by molar-refractivity contribution is 6.04. The summed E-state index contributed by atoms with van der Waals surface area (Å²) in [5, 5.41) is 20.9. The number of rotatable bonds is 8. The molecule has 4 rings (SSSR count). The fourth-order valence-electron chi connectivity index (χ4n) is 4.40. The first-order valence-corrected chi connectivity index (χ1v) is 12.3. The zero-order valence-corrected chi connectivity index (χ0v) is 20.2. The van der Waals surface area contributed by atoms with Crippen LogP contribution in [-0.2, 0) is 0 Å². The van der Waals surface area contributed by atoms with E-state index >= 15 is 0 Å². The van der Waals surface area contributed by atoms with Crippen LogP contribution in [0.4, 0.5) is 10.5 Å². The zero-order valence-electron chi connectivity index (χ0n) is 20.2. The molecule has 2 aromatic carbocycles. The number of phenolic OH excluding ortho intramolecular Hbond substituents is 1.